The molecule has 5 nitrogen and oxygen atoms in total. The molecule has 0 aliphatic carbocycles. The van der Waals surface area contributed by atoms with Crippen LogP contribution in [0.4, 0.5) is 0 Å². The van der Waals surface area contributed by atoms with Gasteiger partial charge in [-0.25, -0.2) is 8.42 Å². The van der Waals surface area contributed by atoms with Crippen LogP contribution in [0.1, 0.15) is 19.3 Å². The summed E-state index contributed by atoms with van der Waals surface area (Å²) in [5, 5.41) is 0. The van der Waals surface area contributed by atoms with Crippen molar-refractivity contribution < 1.29 is 8.42 Å². The summed E-state index contributed by atoms with van der Waals surface area (Å²) in [5.74, 6) is 0.456. The van der Waals surface area contributed by atoms with Crippen LogP contribution in [-0.4, -0.2) is 56.3 Å². The Labute approximate surface area is 121 Å². The molecule has 1 aliphatic heterocycles. The number of piperidine rings is 1. The number of sulfonamides is 1. The van der Waals surface area contributed by atoms with Gasteiger partial charge in [0.1, 0.15) is 4.90 Å². The molecule has 0 spiro atoms. The second-order valence-electron chi connectivity index (χ2n) is 5.65. The number of hydrogen-bond acceptors (Lipinski definition) is 4. The highest BCUT2D eigenvalue weighted by Crippen LogP contribution is 2.25. The van der Waals surface area contributed by atoms with Gasteiger partial charge in [-0.05, 0) is 58.0 Å². The van der Waals surface area contributed by atoms with E-state index in [1.54, 1.807) is 22.6 Å². The monoisotopic (exact) mass is 297 g/mol. The summed E-state index contributed by atoms with van der Waals surface area (Å²) in [4.78, 5) is 6.36. The molecule has 6 heteroatoms. The molecule has 0 amide bonds. The van der Waals surface area contributed by atoms with E-state index in [0.29, 0.717) is 23.9 Å². The Balaban J connectivity index is 2.05. The molecule has 2 heterocycles. The van der Waals surface area contributed by atoms with Gasteiger partial charge >= 0.3 is 0 Å². The average molecular weight is 297 g/mol. The zero-order valence-electron chi connectivity index (χ0n) is 12.2. The van der Waals surface area contributed by atoms with Gasteiger partial charge in [-0.1, -0.05) is 0 Å². The van der Waals surface area contributed by atoms with Crippen LogP contribution in [0.5, 0.6) is 0 Å². The van der Waals surface area contributed by atoms with Crippen molar-refractivity contribution in [2.75, 3.05) is 33.7 Å². The van der Waals surface area contributed by atoms with Crippen LogP contribution in [0, 0.1) is 5.92 Å². The SMILES string of the molecule is CN(C)CCC1CCCN(S(=O)(=O)c2cccnc2)C1. The van der Waals surface area contributed by atoms with Crippen LogP contribution in [0.2, 0.25) is 0 Å². The zero-order chi connectivity index (χ0) is 14.6. The Morgan fingerprint density at radius 3 is 2.90 bits per heavy atom. The number of aromatic nitrogens is 1. The predicted molar refractivity (Wildman–Crippen MR) is 78.9 cm³/mol. The van der Waals surface area contributed by atoms with Crippen molar-refractivity contribution in [3.05, 3.63) is 24.5 Å². The summed E-state index contributed by atoms with van der Waals surface area (Å²) in [6, 6.07) is 3.28. The number of nitrogens with zero attached hydrogens (tertiary/aromatic N) is 3. The van der Waals surface area contributed by atoms with Crippen LogP contribution in [0.25, 0.3) is 0 Å². The summed E-state index contributed by atoms with van der Waals surface area (Å²) in [7, 11) is 0.721. The average Bonchev–Trinajstić information content (AvgIpc) is 2.46. The maximum absolute atomic E-state index is 12.5. The summed E-state index contributed by atoms with van der Waals surface area (Å²) >= 11 is 0. The van der Waals surface area contributed by atoms with Gasteiger partial charge in [0.15, 0.2) is 0 Å². The standard InChI is InChI=1S/C14H23N3O2S/c1-16(2)10-7-13-5-4-9-17(12-13)20(18,19)14-6-3-8-15-11-14/h3,6,8,11,13H,4-5,7,9-10,12H2,1-2H3. The predicted octanol–water partition coefficient (Wildman–Crippen LogP) is 1.43. The molecule has 1 aliphatic rings. The smallest absolute Gasteiger partial charge is 0.244 e. The van der Waals surface area contributed by atoms with Gasteiger partial charge < -0.3 is 4.90 Å². The molecular weight excluding hydrogens is 274 g/mol. The quantitative estimate of drug-likeness (QED) is 0.825. The molecule has 20 heavy (non-hydrogen) atoms. The van der Waals surface area contributed by atoms with Gasteiger partial charge in [-0.3, -0.25) is 4.98 Å². The van der Waals surface area contributed by atoms with Gasteiger partial charge in [-0.2, -0.15) is 4.31 Å². The van der Waals surface area contributed by atoms with E-state index in [0.717, 1.165) is 25.8 Å². The van der Waals surface area contributed by atoms with Crippen LogP contribution in [0.15, 0.2) is 29.4 Å². The van der Waals surface area contributed by atoms with Crippen LogP contribution >= 0.6 is 0 Å². The molecule has 1 saturated heterocycles. The first-order valence-corrected chi connectivity index (χ1v) is 8.49. The third kappa shape index (κ3) is 3.77. The highest BCUT2D eigenvalue weighted by molar-refractivity contribution is 7.89. The molecule has 1 aromatic rings. The lowest BCUT2D eigenvalue weighted by Gasteiger charge is -2.32. The first-order valence-electron chi connectivity index (χ1n) is 7.05. The second-order valence-corrected chi connectivity index (χ2v) is 7.59. The minimum Gasteiger partial charge on any atom is -0.309 e. The fourth-order valence-corrected chi connectivity index (χ4v) is 4.09. The van der Waals surface area contributed by atoms with E-state index in [1.807, 2.05) is 14.1 Å². The third-order valence-electron chi connectivity index (χ3n) is 3.74. The van der Waals surface area contributed by atoms with Crippen LogP contribution in [-0.2, 0) is 10.0 Å². The molecule has 1 atom stereocenters. The number of rotatable bonds is 5. The van der Waals surface area contributed by atoms with E-state index in [2.05, 4.69) is 9.88 Å². The van der Waals surface area contributed by atoms with Crippen molar-refractivity contribution in [2.24, 2.45) is 5.92 Å². The maximum atomic E-state index is 12.5. The molecule has 1 fully saturated rings. The molecule has 0 radical (unpaired) electrons. The summed E-state index contributed by atoms with van der Waals surface area (Å²) in [6.45, 7) is 2.26. The molecule has 112 valence electrons. The second kappa shape index (κ2) is 6.65. The highest BCUT2D eigenvalue weighted by Gasteiger charge is 2.30. The topological polar surface area (TPSA) is 53.5 Å². The lowest BCUT2D eigenvalue weighted by molar-refractivity contribution is 0.236. The van der Waals surface area contributed by atoms with Gasteiger partial charge in [-0.15, -0.1) is 0 Å². The van der Waals surface area contributed by atoms with Crippen LogP contribution in [0.3, 0.4) is 0 Å². The summed E-state index contributed by atoms with van der Waals surface area (Å²) in [5.41, 5.74) is 0. The van der Waals surface area contributed by atoms with Crippen molar-refractivity contribution in [1.82, 2.24) is 14.2 Å². The minimum atomic E-state index is -3.38. The first kappa shape index (κ1) is 15.4. The van der Waals surface area contributed by atoms with Gasteiger partial charge in [0.2, 0.25) is 10.0 Å². The molecule has 0 saturated carbocycles. The Morgan fingerprint density at radius 2 is 2.25 bits per heavy atom. The molecule has 2 rings (SSSR count). The van der Waals surface area contributed by atoms with E-state index >= 15 is 0 Å². The molecule has 0 N–H and O–H groups in total. The van der Waals surface area contributed by atoms with E-state index in [1.165, 1.54) is 6.20 Å². The van der Waals surface area contributed by atoms with E-state index in [4.69, 9.17) is 0 Å². The molecular formula is C14H23N3O2S. The van der Waals surface area contributed by atoms with E-state index in [-0.39, 0.29) is 0 Å². The lowest BCUT2D eigenvalue weighted by Crippen LogP contribution is -2.40. The zero-order valence-corrected chi connectivity index (χ0v) is 13.0. The fourth-order valence-electron chi connectivity index (χ4n) is 2.57. The Hall–Kier alpha value is -0.980. The minimum absolute atomic E-state index is 0.299. The van der Waals surface area contributed by atoms with Gasteiger partial charge in [0.05, 0.1) is 0 Å². The molecule has 1 aromatic heterocycles. The number of hydrogen-bond donors (Lipinski definition) is 0. The Kier molecular flexibility index (Phi) is 5.12. The van der Waals surface area contributed by atoms with Crippen molar-refractivity contribution in [3.8, 4) is 0 Å². The van der Waals surface area contributed by atoms with Crippen molar-refractivity contribution >= 4 is 10.0 Å². The highest BCUT2D eigenvalue weighted by atomic mass is 32.2. The van der Waals surface area contributed by atoms with E-state index < -0.39 is 10.0 Å². The maximum Gasteiger partial charge on any atom is 0.244 e. The Morgan fingerprint density at radius 1 is 1.45 bits per heavy atom. The van der Waals surface area contributed by atoms with Gasteiger partial charge in [0.25, 0.3) is 0 Å². The summed E-state index contributed by atoms with van der Waals surface area (Å²) in [6.07, 6.45) is 6.13. The normalized spacial score (nSPS) is 21.2. The summed E-state index contributed by atoms with van der Waals surface area (Å²) < 4.78 is 26.7. The van der Waals surface area contributed by atoms with Crippen molar-refractivity contribution in [2.45, 2.75) is 24.2 Å². The molecule has 1 unspecified atom stereocenters. The fraction of sp³-hybridized carbons (Fsp3) is 0.643. The molecule has 0 bridgehead atoms. The Bertz CT molecular complexity index is 516. The van der Waals surface area contributed by atoms with E-state index in [9.17, 15) is 8.42 Å². The first-order chi connectivity index (χ1) is 9.50. The van der Waals surface area contributed by atoms with Crippen molar-refractivity contribution in [3.63, 3.8) is 0 Å². The van der Waals surface area contributed by atoms with Crippen LogP contribution < -0.4 is 0 Å². The van der Waals surface area contributed by atoms with Gasteiger partial charge in [0, 0.05) is 25.5 Å². The molecule has 0 aromatic carbocycles. The lowest BCUT2D eigenvalue weighted by atomic mass is 9.96. The number of pyridine rings is 1. The largest absolute Gasteiger partial charge is 0.309 e. The van der Waals surface area contributed by atoms with Crippen molar-refractivity contribution in [1.29, 1.82) is 0 Å². The third-order valence-corrected chi connectivity index (χ3v) is 5.59.